The molecule has 3 N–H and O–H groups in total. The van der Waals surface area contributed by atoms with Gasteiger partial charge in [0.25, 0.3) is 11.5 Å². The molecule has 118 valence electrons. The molecule has 3 aromatic heterocycles. The van der Waals surface area contributed by atoms with E-state index in [9.17, 15) is 9.59 Å². The third-order valence-electron chi connectivity index (χ3n) is 3.78. The number of benzene rings is 1. The smallest absolute Gasteiger partial charge is 0.285 e. The number of hydrogen-bond donors (Lipinski definition) is 2. The number of nitrogens with two attached hydrogens (primary N) is 1. The normalized spacial score (nSPS) is 11.0. The van der Waals surface area contributed by atoms with Gasteiger partial charge in [0.1, 0.15) is 5.56 Å². The van der Waals surface area contributed by atoms with Crippen LogP contribution >= 0.6 is 11.3 Å². The van der Waals surface area contributed by atoms with Gasteiger partial charge in [0.2, 0.25) is 0 Å². The van der Waals surface area contributed by atoms with Crippen molar-refractivity contribution in [2.75, 3.05) is 0 Å². The SMILES string of the molecule is NC(=O)c1cnc2c(-c3cc(-c4ccccc4)cs3)c[nH]n2c1=O. The Morgan fingerprint density at radius 2 is 2.00 bits per heavy atom. The number of aromatic amines is 1. The molecule has 1 aromatic carbocycles. The molecule has 0 bridgehead atoms. The topological polar surface area (TPSA) is 93.2 Å². The first-order valence-electron chi connectivity index (χ1n) is 7.18. The average molecular weight is 336 g/mol. The van der Waals surface area contributed by atoms with Crippen molar-refractivity contribution >= 4 is 22.9 Å². The lowest BCUT2D eigenvalue weighted by Crippen LogP contribution is -2.27. The molecule has 3 heterocycles. The zero-order valence-electron chi connectivity index (χ0n) is 12.4. The zero-order valence-corrected chi connectivity index (χ0v) is 13.2. The van der Waals surface area contributed by atoms with Gasteiger partial charge in [-0.25, -0.2) is 9.50 Å². The minimum Gasteiger partial charge on any atom is -0.365 e. The number of rotatable bonds is 3. The number of carbonyl (C=O) groups excluding carboxylic acids is 1. The number of amides is 1. The fourth-order valence-electron chi connectivity index (χ4n) is 2.57. The Morgan fingerprint density at radius 1 is 1.21 bits per heavy atom. The van der Waals surface area contributed by atoms with Crippen molar-refractivity contribution in [1.82, 2.24) is 14.6 Å². The fraction of sp³-hybridized carbons (Fsp3) is 0. The van der Waals surface area contributed by atoms with Crippen LogP contribution in [0.2, 0.25) is 0 Å². The number of thiophene rings is 1. The molecule has 24 heavy (non-hydrogen) atoms. The molecule has 0 atom stereocenters. The van der Waals surface area contributed by atoms with Crippen molar-refractivity contribution in [1.29, 1.82) is 0 Å². The number of fused-ring (bicyclic) bond motifs is 1. The van der Waals surface area contributed by atoms with Crippen LogP contribution in [-0.4, -0.2) is 20.5 Å². The predicted octanol–water partition coefficient (Wildman–Crippen LogP) is 2.52. The van der Waals surface area contributed by atoms with Crippen molar-refractivity contribution in [3.8, 4) is 21.6 Å². The lowest BCUT2D eigenvalue weighted by atomic mass is 10.1. The minimum absolute atomic E-state index is 0.142. The molecule has 6 nitrogen and oxygen atoms in total. The Labute approximate surface area is 140 Å². The summed E-state index contributed by atoms with van der Waals surface area (Å²) in [7, 11) is 0. The molecular formula is C17H12N4O2S. The van der Waals surface area contributed by atoms with Crippen molar-refractivity contribution in [3.63, 3.8) is 0 Å². The van der Waals surface area contributed by atoms with Crippen molar-refractivity contribution in [2.24, 2.45) is 5.73 Å². The summed E-state index contributed by atoms with van der Waals surface area (Å²) >= 11 is 1.57. The highest BCUT2D eigenvalue weighted by atomic mass is 32.1. The van der Waals surface area contributed by atoms with Crippen LogP contribution in [0.3, 0.4) is 0 Å². The van der Waals surface area contributed by atoms with Crippen LogP contribution in [0.5, 0.6) is 0 Å². The van der Waals surface area contributed by atoms with E-state index in [0.717, 1.165) is 21.6 Å². The largest absolute Gasteiger partial charge is 0.365 e. The molecule has 1 amide bonds. The van der Waals surface area contributed by atoms with Gasteiger partial charge in [-0.3, -0.25) is 14.7 Å². The average Bonchev–Trinajstić information content (AvgIpc) is 3.22. The molecule has 0 aliphatic heterocycles. The zero-order chi connectivity index (χ0) is 16.7. The van der Waals surface area contributed by atoms with Gasteiger partial charge in [0.15, 0.2) is 5.65 Å². The van der Waals surface area contributed by atoms with Gasteiger partial charge in [0.05, 0.1) is 5.56 Å². The molecule has 4 aromatic rings. The molecule has 0 unspecified atom stereocenters. The first kappa shape index (κ1) is 14.4. The maximum absolute atomic E-state index is 12.2. The van der Waals surface area contributed by atoms with Crippen LogP contribution in [0, 0.1) is 0 Å². The third-order valence-corrected chi connectivity index (χ3v) is 4.74. The summed E-state index contributed by atoms with van der Waals surface area (Å²) in [5.74, 6) is -0.791. The maximum Gasteiger partial charge on any atom is 0.285 e. The Hall–Kier alpha value is -3.19. The van der Waals surface area contributed by atoms with E-state index in [2.05, 4.69) is 21.5 Å². The maximum atomic E-state index is 12.2. The van der Waals surface area contributed by atoms with E-state index < -0.39 is 11.5 Å². The van der Waals surface area contributed by atoms with Gasteiger partial charge >= 0.3 is 0 Å². The summed E-state index contributed by atoms with van der Waals surface area (Å²) < 4.78 is 1.23. The summed E-state index contributed by atoms with van der Waals surface area (Å²) in [5, 5.41) is 4.90. The van der Waals surface area contributed by atoms with Crippen LogP contribution in [-0.2, 0) is 0 Å². The van der Waals surface area contributed by atoms with E-state index >= 15 is 0 Å². The summed E-state index contributed by atoms with van der Waals surface area (Å²) in [6.45, 7) is 0. The van der Waals surface area contributed by atoms with Gasteiger partial charge in [-0.2, -0.15) is 0 Å². The summed E-state index contributed by atoms with van der Waals surface area (Å²) in [5.41, 5.74) is 8.04. The van der Waals surface area contributed by atoms with Crippen molar-refractivity contribution in [3.05, 3.63) is 70.1 Å². The van der Waals surface area contributed by atoms with Crippen LogP contribution in [0.4, 0.5) is 0 Å². The molecule has 0 radical (unpaired) electrons. The number of H-pyrrole nitrogens is 1. The molecule has 0 aliphatic rings. The Morgan fingerprint density at radius 3 is 2.75 bits per heavy atom. The van der Waals surface area contributed by atoms with E-state index in [0.29, 0.717) is 5.65 Å². The lowest BCUT2D eigenvalue weighted by Gasteiger charge is -1.98. The first-order valence-corrected chi connectivity index (χ1v) is 8.06. The highest BCUT2D eigenvalue weighted by Gasteiger charge is 2.15. The standard InChI is InChI=1S/C17H12N4O2S/c18-15(22)13-7-19-16-12(8-20-21(16)17(13)23)14-6-11(9-24-14)10-4-2-1-3-5-10/h1-9,20H,(H2,18,22). The van der Waals surface area contributed by atoms with Gasteiger partial charge in [-0.05, 0) is 22.6 Å². The second kappa shape index (κ2) is 5.47. The summed E-state index contributed by atoms with van der Waals surface area (Å²) in [6.07, 6.45) is 2.93. The highest BCUT2D eigenvalue weighted by molar-refractivity contribution is 7.14. The number of primary amides is 1. The molecule has 0 saturated heterocycles. The highest BCUT2D eigenvalue weighted by Crippen LogP contribution is 2.33. The molecule has 0 fully saturated rings. The molecule has 0 aliphatic carbocycles. The van der Waals surface area contributed by atoms with E-state index in [4.69, 9.17) is 5.73 Å². The molecule has 0 saturated carbocycles. The minimum atomic E-state index is -0.791. The monoisotopic (exact) mass is 336 g/mol. The third kappa shape index (κ3) is 2.22. The first-order chi connectivity index (χ1) is 11.6. The number of carbonyl (C=O) groups is 1. The van der Waals surface area contributed by atoms with E-state index in [1.807, 2.05) is 30.3 Å². The van der Waals surface area contributed by atoms with E-state index in [1.54, 1.807) is 17.5 Å². The summed E-state index contributed by atoms with van der Waals surface area (Å²) in [6, 6.07) is 12.1. The predicted molar refractivity (Wildman–Crippen MR) is 93.1 cm³/mol. The second-order valence-electron chi connectivity index (χ2n) is 5.25. The van der Waals surface area contributed by atoms with Crippen LogP contribution in [0.1, 0.15) is 10.4 Å². The molecule has 4 rings (SSSR count). The number of aromatic nitrogens is 3. The molecular weight excluding hydrogens is 324 g/mol. The van der Waals surface area contributed by atoms with Crippen LogP contribution in [0.25, 0.3) is 27.2 Å². The quantitative estimate of drug-likeness (QED) is 0.602. The van der Waals surface area contributed by atoms with Gasteiger partial charge < -0.3 is 5.73 Å². The number of nitrogens with zero attached hydrogens (tertiary/aromatic N) is 2. The Bertz CT molecular complexity index is 1110. The van der Waals surface area contributed by atoms with Gasteiger partial charge in [-0.15, -0.1) is 11.3 Å². The van der Waals surface area contributed by atoms with Crippen LogP contribution < -0.4 is 11.3 Å². The number of nitrogens with one attached hydrogen (secondary N) is 1. The van der Waals surface area contributed by atoms with E-state index in [1.165, 1.54) is 10.7 Å². The van der Waals surface area contributed by atoms with Crippen molar-refractivity contribution in [2.45, 2.75) is 0 Å². The summed E-state index contributed by atoms with van der Waals surface area (Å²) in [4.78, 5) is 28.7. The molecule has 0 spiro atoms. The van der Waals surface area contributed by atoms with Gasteiger partial charge in [0, 0.05) is 17.3 Å². The van der Waals surface area contributed by atoms with Gasteiger partial charge in [-0.1, -0.05) is 30.3 Å². The Balaban J connectivity index is 1.84. The Kier molecular flexibility index (Phi) is 3.28. The fourth-order valence-corrected chi connectivity index (χ4v) is 3.50. The molecule has 7 heteroatoms. The second-order valence-corrected chi connectivity index (χ2v) is 6.16. The number of hydrogen-bond acceptors (Lipinski definition) is 4. The van der Waals surface area contributed by atoms with E-state index in [-0.39, 0.29) is 5.56 Å². The van der Waals surface area contributed by atoms with Crippen molar-refractivity contribution < 1.29 is 4.79 Å². The lowest BCUT2D eigenvalue weighted by molar-refractivity contribution is 0.0998. The van der Waals surface area contributed by atoms with Crippen LogP contribution in [0.15, 0.2) is 59.0 Å².